The Labute approximate surface area is 157 Å². The fourth-order valence-corrected chi connectivity index (χ4v) is 4.05. The summed E-state index contributed by atoms with van der Waals surface area (Å²) in [5.41, 5.74) is 3.65. The molecule has 0 saturated carbocycles. The molecule has 0 unspecified atom stereocenters. The van der Waals surface area contributed by atoms with Crippen LogP contribution in [-0.4, -0.2) is 24.1 Å². The molecule has 0 bridgehead atoms. The van der Waals surface area contributed by atoms with E-state index in [-0.39, 0.29) is 11.9 Å². The minimum absolute atomic E-state index is 0.175. The van der Waals surface area contributed by atoms with Crippen LogP contribution in [0, 0.1) is 5.82 Å². The lowest BCUT2D eigenvalue weighted by atomic mass is 10.1. The van der Waals surface area contributed by atoms with Crippen LogP contribution in [0.5, 0.6) is 5.75 Å². The molecule has 1 aliphatic heterocycles. The number of rotatable bonds is 5. The first-order chi connectivity index (χ1) is 12.8. The summed E-state index contributed by atoms with van der Waals surface area (Å²) in [5.74, 6) is 0.770. The molecule has 0 spiro atoms. The van der Waals surface area contributed by atoms with Crippen molar-refractivity contribution >= 4 is 11.3 Å². The molecule has 0 aliphatic carbocycles. The van der Waals surface area contributed by atoms with E-state index in [4.69, 9.17) is 4.74 Å². The zero-order valence-corrected chi connectivity index (χ0v) is 15.4. The van der Waals surface area contributed by atoms with Crippen molar-refractivity contribution in [2.75, 3.05) is 13.1 Å². The van der Waals surface area contributed by atoms with Crippen LogP contribution in [0.15, 0.2) is 65.4 Å². The quantitative estimate of drug-likeness (QED) is 0.582. The van der Waals surface area contributed by atoms with Crippen molar-refractivity contribution in [1.29, 1.82) is 0 Å². The van der Waals surface area contributed by atoms with E-state index in [1.165, 1.54) is 23.3 Å². The van der Waals surface area contributed by atoms with Crippen molar-refractivity contribution in [3.8, 4) is 16.9 Å². The van der Waals surface area contributed by atoms with Crippen molar-refractivity contribution in [3.63, 3.8) is 0 Å². The number of hydrogen-bond donors (Lipinski definition) is 0. The third-order valence-corrected chi connectivity index (χ3v) is 5.55. The lowest BCUT2D eigenvalue weighted by Gasteiger charge is -2.32. The van der Waals surface area contributed by atoms with Crippen molar-refractivity contribution in [3.05, 3.63) is 76.7 Å². The molecule has 1 aromatic heterocycles. The molecule has 2 heterocycles. The first-order valence-electron chi connectivity index (χ1n) is 9.02. The van der Waals surface area contributed by atoms with Gasteiger partial charge in [-0.25, -0.2) is 4.39 Å². The molecule has 134 valence electrons. The predicted octanol–water partition coefficient (Wildman–Crippen LogP) is 5.60. The van der Waals surface area contributed by atoms with Crippen LogP contribution in [0.3, 0.4) is 0 Å². The highest BCUT2D eigenvalue weighted by atomic mass is 32.1. The van der Waals surface area contributed by atoms with Gasteiger partial charge in [0.1, 0.15) is 17.7 Å². The van der Waals surface area contributed by atoms with E-state index in [9.17, 15) is 4.39 Å². The largest absolute Gasteiger partial charge is 0.490 e. The number of benzene rings is 2. The van der Waals surface area contributed by atoms with Gasteiger partial charge in [0.15, 0.2) is 0 Å². The van der Waals surface area contributed by atoms with E-state index < -0.39 is 0 Å². The fourth-order valence-electron chi connectivity index (χ4n) is 3.38. The molecule has 1 fully saturated rings. The lowest BCUT2D eigenvalue weighted by Crippen LogP contribution is -2.37. The molecule has 0 N–H and O–H groups in total. The Morgan fingerprint density at radius 1 is 0.923 bits per heavy atom. The van der Waals surface area contributed by atoms with E-state index in [1.807, 2.05) is 12.1 Å². The number of halogens is 1. The second-order valence-electron chi connectivity index (χ2n) is 6.76. The van der Waals surface area contributed by atoms with Gasteiger partial charge in [0.25, 0.3) is 0 Å². The molecule has 2 nitrogen and oxygen atoms in total. The van der Waals surface area contributed by atoms with Crippen LogP contribution in [0.4, 0.5) is 4.39 Å². The first kappa shape index (κ1) is 17.3. The highest BCUT2D eigenvalue weighted by Crippen LogP contribution is 2.26. The number of hydrogen-bond acceptors (Lipinski definition) is 3. The monoisotopic (exact) mass is 367 g/mol. The summed E-state index contributed by atoms with van der Waals surface area (Å²) >= 11 is 1.71. The van der Waals surface area contributed by atoms with Gasteiger partial charge < -0.3 is 4.74 Å². The zero-order chi connectivity index (χ0) is 17.8. The number of nitrogens with zero attached hydrogens (tertiary/aromatic N) is 1. The zero-order valence-electron chi connectivity index (χ0n) is 14.6. The van der Waals surface area contributed by atoms with E-state index in [0.29, 0.717) is 0 Å². The lowest BCUT2D eigenvalue weighted by molar-refractivity contribution is 0.0968. The van der Waals surface area contributed by atoms with Gasteiger partial charge in [-0.05, 0) is 70.6 Å². The normalized spacial score (nSPS) is 15.9. The smallest absolute Gasteiger partial charge is 0.123 e. The van der Waals surface area contributed by atoms with Crippen LogP contribution in [0.1, 0.15) is 18.4 Å². The maximum Gasteiger partial charge on any atom is 0.123 e. The summed E-state index contributed by atoms with van der Waals surface area (Å²) in [6, 6.07) is 17.3. The summed E-state index contributed by atoms with van der Waals surface area (Å²) in [6.45, 7) is 2.90. The summed E-state index contributed by atoms with van der Waals surface area (Å²) < 4.78 is 19.2. The average Bonchev–Trinajstić information content (AvgIpc) is 3.21. The molecule has 4 heteroatoms. The molecule has 26 heavy (non-hydrogen) atoms. The van der Waals surface area contributed by atoms with Gasteiger partial charge in [0.2, 0.25) is 0 Å². The van der Waals surface area contributed by atoms with E-state index in [2.05, 4.69) is 46.0 Å². The topological polar surface area (TPSA) is 12.5 Å². The Bertz CT molecular complexity index is 806. The number of likely N-dealkylation sites (tertiary alicyclic amines) is 1. The van der Waals surface area contributed by atoms with Crippen LogP contribution >= 0.6 is 11.3 Å². The van der Waals surface area contributed by atoms with Gasteiger partial charge in [0, 0.05) is 19.6 Å². The van der Waals surface area contributed by atoms with E-state index >= 15 is 0 Å². The van der Waals surface area contributed by atoms with Gasteiger partial charge in [-0.1, -0.05) is 24.3 Å². The van der Waals surface area contributed by atoms with Crippen molar-refractivity contribution in [2.24, 2.45) is 0 Å². The molecule has 1 saturated heterocycles. The van der Waals surface area contributed by atoms with Crippen molar-refractivity contribution in [2.45, 2.75) is 25.5 Å². The molecule has 3 aromatic rings. The third kappa shape index (κ3) is 4.32. The molecule has 4 rings (SSSR count). The van der Waals surface area contributed by atoms with Gasteiger partial charge in [-0.3, -0.25) is 4.90 Å². The van der Waals surface area contributed by atoms with Gasteiger partial charge in [-0.15, -0.1) is 0 Å². The molecule has 2 aromatic carbocycles. The maximum atomic E-state index is 13.0. The summed E-state index contributed by atoms with van der Waals surface area (Å²) in [5, 5.41) is 4.26. The van der Waals surface area contributed by atoms with Crippen molar-refractivity contribution < 1.29 is 9.13 Å². The van der Waals surface area contributed by atoms with Crippen LogP contribution in [-0.2, 0) is 6.54 Å². The molecule has 0 atom stereocenters. The highest BCUT2D eigenvalue weighted by Gasteiger charge is 2.20. The number of piperidine rings is 1. The molecular formula is C22H22FNOS. The Balaban J connectivity index is 1.27. The van der Waals surface area contributed by atoms with E-state index in [1.54, 1.807) is 11.3 Å². The molecule has 0 radical (unpaired) electrons. The highest BCUT2D eigenvalue weighted by molar-refractivity contribution is 7.08. The Morgan fingerprint density at radius 2 is 1.65 bits per heavy atom. The van der Waals surface area contributed by atoms with Crippen molar-refractivity contribution in [1.82, 2.24) is 4.90 Å². The Kier molecular flexibility index (Phi) is 5.32. The molecule has 0 amide bonds. The minimum Gasteiger partial charge on any atom is -0.490 e. The fraction of sp³-hybridized carbons (Fsp3) is 0.273. The summed E-state index contributed by atoms with van der Waals surface area (Å²) in [6.07, 6.45) is 2.31. The van der Waals surface area contributed by atoms with E-state index in [0.717, 1.165) is 43.8 Å². The predicted molar refractivity (Wildman–Crippen MR) is 105 cm³/mol. The summed E-state index contributed by atoms with van der Waals surface area (Å²) in [4.78, 5) is 2.41. The Morgan fingerprint density at radius 3 is 2.31 bits per heavy atom. The van der Waals surface area contributed by atoms with Crippen LogP contribution in [0.25, 0.3) is 11.1 Å². The van der Waals surface area contributed by atoms with Crippen LogP contribution in [0.2, 0.25) is 0 Å². The first-order valence-corrected chi connectivity index (χ1v) is 9.97. The van der Waals surface area contributed by atoms with Gasteiger partial charge in [0.05, 0.1) is 0 Å². The second kappa shape index (κ2) is 8.02. The second-order valence-corrected chi connectivity index (χ2v) is 7.54. The average molecular weight is 367 g/mol. The van der Waals surface area contributed by atoms with Crippen LogP contribution < -0.4 is 4.74 Å². The molecular weight excluding hydrogens is 345 g/mol. The van der Waals surface area contributed by atoms with Gasteiger partial charge in [-0.2, -0.15) is 11.3 Å². The maximum absolute atomic E-state index is 13.0. The minimum atomic E-state index is -0.175. The Hall–Kier alpha value is -2.17. The number of thiophene rings is 1. The number of ether oxygens (including phenoxy) is 1. The standard InChI is InChI=1S/C22H22FNOS/c23-20-5-1-17(2-6-20)15-24-12-9-22(10-13-24)25-21-7-3-18(4-8-21)19-11-14-26-16-19/h1-8,11,14,16,22H,9-10,12-13,15H2. The molecule has 1 aliphatic rings. The SMILES string of the molecule is Fc1ccc(CN2CCC(Oc3ccc(-c4ccsc4)cc3)CC2)cc1. The van der Waals surface area contributed by atoms with Gasteiger partial charge >= 0.3 is 0 Å². The summed E-state index contributed by atoms with van der Waals surface area (Å²) in [7, 11) is 0. The third-order valence-electron chi connectivity index (χ3n) is 4.87.